The molecular weight excluding hydrogens is 468 g/mol. The van der Waals surface area contributed by atoms with Gasteiger partial charge < -0.3 is 33.3 Å². The first kappa shape index (κ1) is 24.4. The molecule has 0 aliphatic carbocycles. The van der Waals surface area contributed by atoms with E-state index in [0.29, 0.717) is 40.9 Å². The number of amides is 1. The van der Waals surface area contributed by atoms with E-state index in [4.69, 9.17) is 23.5 Å². The summed E-state index contributed by atoms with van der Waals surface area (Å²) in [7, 11) is 0. The number of rotatable bonds is 9. The summed E-state index contributed by atoms with van der Waals surface area (Å²) < 4.78 is 22.7. The summed E-state index contributed by atoms with van der Waals surface area (Å²) in [6, 6.07) is 11.0. The van der Waals surface area contributed by atoms with Crippen LogP contribution in [0.25, 0.3) is 0 Å². The van der Waals surface area contributed by atoms with Crippen LogP contribution in [-0.2, 0) is 25.7 Å². The van der Waals surface area contributed by atoms with Crippen LogP contribution in [0.1, 0.15) is 35.1 Å². The molecular formula is C25H24N4O7. The molecule has 11 nitrogen and oxygen atoms in total. The van der Waals surface area contributed by atoms with Gasteiger partial charge in [-0.15, -0.1) is 0 Å². The maximum atomic E-state index is 12.5. The molecule has 4 rings (SSSR count). The van der Waals surface area contributed by atoms with Crippen molar-refractivity contribution in [1.82, 2.24) is 4.57 Å². The third kappa shape index (κ3) is 5.33. The third-order valence-electron chi connectivity index (χ3n) is 5.63. The van der Waals surface area contributed by atoms with Crippen LogP contribution in [0.15, 0.2) is 46.2 Å². The number of oxime groups is 1. The van der Waals surface area contributed by atoms with Gasteiger partial charge in [0.05, 0.1) is 24.1 Å². The summed E-state index contributed by atoms with van der Waals surface area (Å²) in [6.07, 6.45) is 1.55. The minimum Gasteiger partial charge on any atom is -0.467 e. The number of anilines is 1. The fraction of sp³-hybridized carbons (Fsp3) is 0.280. The predicted molar refractivity (Wildman–Crippen MR) is 127 cm³/mol. The van der Waals surface area contributed by atoms with Crippen LogP contribution in [0.2, 0.25) is 0 Å². The number of nitrogens with one attached hydrogen (secondary N) is 1. The number of carbonyl (C=O) groups excluding carboxylic acids is 2. The van der Waals surface area contributed by atoms with E-state index in [-0.39, 0.29) is 6.79 Å². The van der Waals surface area contributed by atoms with Crippen LogP contribution in [-0.4, -0.2) is 42.2 Å². The SMILES string of the molecule is C/C(=N\OCC(=O)OCC(=O)Nc1c(C#N)c(C)c(C)n1Cc1ccco1)c1ccc2c(c1)OCO2. The average molecular weight is 492 g/mol. The fourth-order valence-corrected chi connectivity index (χ4v) is 3.60. The molecule has 0 radical (unpaired) electrons. The standard InChI is InChI=1S/C25H24N4O7/c1-15-17(3)29(11-19-5-4-8-32-19)25(20(15)10-26)27-23(30)12-33-24(31)13-36-28-16(2)18-6-7-21-22(9-18)35-14-34-21/h4-9H,11-14H2,1-3H3,(H,27,30)/b28-16+. The Labute approximate surface area is 206 Å². The van der Waals surface area contributed by atoms with Gasteiger partial charge in [0, 0.05) is 11.3 Å². The summed E-state index contributed by atoms with van der Waals surface area (Å²) in [5.41, 5.74) is 3.13. The van der Waals surface area contributed by atoms with Gasteiger partial charge in [0.25, 0.3) is 5.91 Å². The number of ether oxygens (including phenoxy) is 3. The van der Waals surface area contributed by atoms with E-state index in [0.717, 1.165) is 16.8 Å². The monoisotopic (exact) mass is 492 g/mol. The molecule has 1 amide bonds. The van der Waals surface area contributed by atoms with Crippen molar-refractivity contribution in [3.8, 4) is 17.6 Å². The van der Waals surface area contributed by atoms with Crippen LogP contribution >= 0.6 is 0 Å². The number of carbonyl (C=O) groups is 2. The first-order chi connectivity index (χ1) is 17.4. The van der Waals surface area contributed by atoms with Crippen molar-refractivity contribution < 1.29 is 33.1 Å². The number of esters is 1. The molecule has 0 bridgehead atoms. The molecule has 0 saturated heterocycles. The zero-order valence-corrected chi connectivity index (χ0v) is 20.0. The number of fused-ring (bicyclic) bond motifs is 1. The molecule has 1 aliphatic rings. The lowest BCUT2D eigenvalue weighted by molar-refractivity contribution is -0.151. The minimum atomic E-state index is -0.772. The van der Waals surface area contributed by atoms with Gasteiger partial charge in [-0.05, 0) is 56.7 Å². The van der Waals surface area contributed by atoms with Crippen molar-refractivity contribution in [1.29, 1.82) is 5.26 Å². The Balaban J connectivity index is 1.31. The lowest BCUT2D eigenvalue weighted by atomic mass is 10.1. The van der Waals surface area contributed by atoms with Crippen molar-refractivity contribution in [3.63, 3.8) is 0 Å². The van der Waals surface area contributed by atoms with E-state index in [1.165, 1.54) is 0 Å². The van der Waals surface area contributed by atoms with Crippen LogP contribution in [0.4, 0.5) is 5.82 Å². The molecule has 0 saturated carbocycles. The molecule has 36 heavy (non-hydrogen) atoms. The zero-order valence-electron chi connectivity index (χ0n) is 20.0. The highest BCUT2D eigenvalue weighted by Crippen LogP contribution is 2.32. The van der Waals surface area contributed by atoms with E-state index in [1.807, 2.05) is 6.92 Å². The van der Waals surface area contributed by atoms with E-state index in [9.17, 15) is 14.9 Å². The van der Waals surface area contributed by atoms with Crippen molar-refractivity contribution in [2.75, 3.05) is 25.3 Å². The Bertz CT molecular complexity index is 1350. The highest BCUT2D eigenvalue weighted by Gasteiger charge is 2.21. The molecule has 1 N–H and O–H groups in total. The number of benzene rings is 1. The fourth-order valence-electron chi connectivity index (χ4n) is 3.60. The van der Waals surface area contributed by atoms with Gasteiger partial charge in [-0.2, -0.15) is 5.26 Å². The molecule has 0 fully saturated rings. The average Bonchev–Trinajstić information content (AvgIpc) is 3.60. The van der Waals surface area contributed by atoms with Gasteiger partial charge in [-0.1, -0.05) is 5.16 Å². The minimum absolute atomic E-state index is 0.164. The van der Waals surface area contributed by atoms with Gasteiger partial charge in [0.2, 0.25) is 13.4 Å². The maximum Gasteiger partial charge on any atom is 0.347 e. The summed E-state index contributed by atoms with van der Waals surface area (Å²) in [5.74, 6) is 0.852. The smallest absolute Gasteiger partial charge is 0.347 e. The van der Waals surface area contributed by atoms with Gasteiger partial charge in [-0.3, -0.25) is 4.79 Å². The number of hydrogen-bond acceptors (Lipinski definition) is 9. The second kappa shape index (κ2) is 10.7. The Kier molecular flexibility index (Phi) is 7.25. The molecule has 0 spiro atoms. The number of nitrogens with zero attached hydrogens (tertiary/aromatic N) is 3. The summed E-state index contributed by atoms with van der Waals surface area (Å²) in [4.78, 5) is 29.6. The van der Waals surface area contributed by atoms with Gasteiger partial charge in [0.1, 0.15) is 17.6 Å². The molecule has 2 aromatic heterocycles. The Hall–Kier alpha value is -4.72. The Morgan fingerprint density at radius 3 is 2.75 bits per heavy atom. The largest absolute Gasteiger partial charge is 0.467 e. The Morgan fingerprint density at radius 1 is 1.19 bits per heavy atom. The summed E-state index contributed by atoms with van der Waals surface area (Å²) in [6.45, 7) is 4.81. The van der Waals surface area contributed by atoms with Crippen LogP contribution < -0.4 is 14.8 Å². The molecule has 1 aliphatic heterocycles. The lowest BCUT2D eigenvalue weighted by Gasteiger charge is -2.12. The van der Waals surface area contributed by atoms with E-state index in [1.54, 1.807) is 55.0 Å². The third-order valence-corrected chi connectivity index (χ3v) is 5.63. The van der Waals surface area contributed by atoms with Crippen LogP contribution in [0.5, 0.6) is 11.5 Å². The molecule has 3 aromatic rings. The normalized spacial score (nSPS) is 12.2. The Morgan fingerprint density at radius 2 is 2.00 bits per heavy atom. The van der Waals surface area contributed by atoms with E-state index in [2.05, 4.69) is 16.5 Å². The van der Waals surface area contributed by atoms with E-state index < -0.39 is 25.1 Å². The summed E-state index contributed by atoms with van der Waals surface area (Å²) in [5, 5.41) is 16.2. The number of nitriles is 1. The first-order valence-corrected chi connectivity index (χ1v) is 11.0. The van der Waals surface area contributed by atoms with Gasteiger partial charge in [-0.25, -0.2) is 4.79 Å². The number of hydrogen-bond donors (Lipinski definition) is 1. The number of aromatic nitrogens is 1. The maximum absolute atomic E-state index is 12.5. The van der Waals surface area contributed by atoms with Crippen molar-refractivity contribution in [3.05, 3.63) is 64.7 Å². The molecule has 0 atom stereocenters. The molecule has 3 heterocycles. The van der Waals surface area contributed by atoms with E-state index >= 15 is 0 Å². The predicted octanol–water partition coefficient (Wildman–Crippen LogP) is 3.27. The van der Waals surface area contributed by atoms with Crippen molar-refractivity contribution >= 4 is 23.4 Å². The molecule has 0 unspecified atom stereocenters. The second-order valence-corrected chi connectivity index (χ2v) is 7.94. The van der Waals surface area contributed by atoms with Crippen LogP contribution in [0, 0.1) is 25.2 Å². The highest BCUT2D eigenvalue weighted by atomic mass is 16.7. The zero-order chi connectivity index (χ0) is 25.7. The molecule has 186 valence electrons. The van der Waals surface area contributed by atoms with Crippen molar-refractivity contribution in [2.45, 2.75) is 27.3 Å². The first-order valence-electron chi connectivity index (χ1n) is 11.0. The quantitative estimate of drug-likeness (QED) is 0.273. The lowest BCUT2D eigenvalue weighted by Crippen LogP contribution is -2.24. The highest BCUT2D eigenvalue weighted by molar-refractivity contribution is 5.99. The van der Waals surface area contributed by atoms with Crippen molar-refractivity contribution in [2.24, 2.45) is 5.16 Å². The molecule has 1 aromatic carbocycles. The van der Waals surface area contributed by atoms with Gasteiger partial charge >= 0.3 is 5.97 Å². The summed E-state index contributed by atoms with van der Waals surface area (Å²) >= 11 is 0. The number of furan rings is 1. The molecule has 11 heteroatoms. The van der Waals surface area contributed by atoms with Crippen LogP contribution in [0.3, 0.4) is 0 Å². The second-order valence-electron chi connectivity index (χ2n) is 7.94. The van der Waals surface area contributed by atoms with Gasteiger partial charge in [0.15, 0.2) is 18.1 Å². The topological polar surface area (TPSA) is 137 Å².